The second-order valence-corrected chi connectivity index (χ2v) is 7.03. The number of piperazine rings is 1. The molecule has 22 heavy (non-hydrogen) atoms. The predicted octanol–water partition coefficient (Wildman–Crippen LogP) is 3.51. The van der Waals surface area contributed by atoms with Gasteiger partial charge in [0, 0.05) is 42.6 Å². The molecule has 2 saturated heterocycles. The highest BCUT2D eigenvalue weighted by Crippen LogP contribution is 2.31. The van der Waals surface area contributed by atoms with E-state index in [1.165, 1.54) is 5.56 Å². The normalized spacial score (nSPS) is 25.5. The molecule has 0 radical (unpaired) electrons. The Hall–Kier alpha value is -1.13. The highest BCUT2D eigenvalue weighted by atomic mass is 79.9. The Labute approximate surface area is 141 Å². The smallest absolute Gasteiger partial charge is 0.222 e. The number of rotatable bonds is 4. The molecule has 3 nitrogen and oxygen atoms in total. The Balaban J connectivity index is 1.61. The maximum absolute atomic E-state index is 12.1. The summed E-state index contributed by atoms with van der Waals surface area (Å²) in [5, 5.41) is 0. The van der Waals surface area contributed by atoms with Crippen LogP contribution in [0.2, 0.25) is 0 Å². The minimum Gasteiger partial charge on any atom is -0.334 e. The molecule has 1 amide bonds. The van der Waals surface area contributed by atoms with Crippen molar-refractivity contribution in [2.75, 3.05) is 19.6 Å². The Morgan fingerprint density at radius 2 is 1.86 bits per heavy atom. The third kappa shape index (κ3) is 3.28. The second kappa shape index (κ2) is 6.97. The van der Waals surface area contributed by atoms with Gasteiger partial charge in [-0.1, -0.05) is 59.3 Å². The highest BCUT2D eigenvalue weighted by molar-refractivity contribution is 9.15. The zero-order chi connectivity index (χ0) is 15.5. The topological polar surface area (TPSA) is 23.6 Å². The van der Waals surface area contributed by atoms with Crippen molar-refractivity contribution in [1.82, 2.24) is 9.80 Å². The Morgan fingerprint density at radius 3 is 2.45 bits per heavy atom. The molecule has 0 aromatic heterocycles. The predicted molar refractivity (Wildman–Crippen MR) is 93.7 cm³/mol. The average molecular weight is 363 g/mol. The van der Waals surface area contributed by atoms with Gasteiger partial charge in [0.25, 0.3) is 0 Å². The molecule has 118 valence electrons. The molecule has 1 aromatic carbocycles. The van der Waals surface area contributed by atoms with Crippen LogP contribution in [0.25, 0.3) is 4.48 Å². The fourth-order valence-electron chi connectivity index (χ4n) is 3.65. The number of carbonyl (C=O) groups excluding carboxylic acids is 1. The third-order valence-electron chi connectivity index (χ3n) is 4.73. The van der Waals surface area contributed by atoms with Gasteiger partial charge in [-0.2, -0.15) is 0 Å². The van der Waals surface area contributed by atoms with E-state index < -0.39 is 0 Å². The summed E-state index contributed by atoms with van der Waals surface area (Å²) in [4.78, 5) is 16.7. The van der Waals surface area contributed by atoms with E-state index in [-0.39, 0.29) is 0 Å². The van der Waals surface area contributed by atoms with E-state index >= 15 is 0 Å². The van der Waals surface area contributed by atoms with Crippen LogP contribution in [0.15, 0.2) is 36.4 Å². The van der Waals surface area contributed by atoms with Crippen molar-refractivity contribution in [3.05, 3.63) is 42.0 Å². The summed E-state index contributed by atoms with van der Waals surface area (Å²) >= 11 is 3.67. The lowest BCUT2D eigenvalue weighted by atomic mass is 10.1. The number of fused-ring (bicyclic) bond motifs is 2. The van der Waals surface area contributed by atoms with Gasteiger partial charge in [-0.3, -0.25) is 9.69 Å². The van der Waals surface area contributed by atoms with Crippen LogP contribution < -0.4 is 0 Å². The minimum atomic E-state index is 0.327. The molecule has 4 heteroatoms. The summed E-state index contributed by atoms with van der Waals surface area (Å²) in [7, 11) is 0. The first-order chi connectivity index (χ1) is 10.7. The van der Waals surface area contributed by atoms with Crippen LogP contribution >= 0.6 is 15.9 Å². The number of likely N-dealkylation sites (tertiary alicyclic amines) is 1. The molecule has 0 aliphatic carbocycles. The van der Waals surface area contributed by atoms with E-state index in [1.807, 2.05) is 13.0 Å². The van der Waals surface area contributed by atoms with Gasteiger partial charge in [-0.15, -0.1) is 0 Å². The quantitative estimate of drug-likeness (QED) is 0.818. The maximum atomic E-state index is 12.1. The fraction of sp³-hybridized carbons (Fsp3) is 0.500. The van der Waals surface area contributed by atoms with Crippen LogP contribution in [0.4, 0.5) is 0 Å². The van der Waals surface area contributed by atoms with Crippen molar-refractivity contribution < 1.29 is 4.79 Å². The number of halogens is 1. The first kappa shape index (κ1) is 15.8. The maximum Gasteiger partial charge on any atom is 0.222 e. The van der Waals surface area contributed by atoms with Gasteiger partial charge < -0.3 is 4.90 Å². The SMILES string of the molecule is CCC(=O)N1C2CCC1CN(CC=C(Br)c1ccccc1)C2. The van der Waals surface area contributed by atoms with Gasteiger partial charge in [0.05, 0.1) is 0 Å². The number of benzene rings is 1. The summed E-state index contributed by atoms with van der Waals surface area (Å²) in [5.74, 6) is 0.327. The molecule has 1 aromatic rings. The summed E-state index contributed by atoms with van der Waals surface area (Å²) in [6, 6.07) is 11.2. The fourth-order valence-corrected chi connectivity index (χ4v) is 4.06. The summed E-state index contributed by atoms with van der Waals surface area (Å²) < 4.78 is 1.15. The second-order valence-electron chi connectivity index (χ2n) is 6.18. The van der Waals surface area contributed by atoms with E-state index in [2.05, 4.69) is 56.1 Å². The molecule has 2 bridgehead atoms. The van der Waals surface area contributed by atoms with E-state index in [9.17, 15) is 4.79 Å². The number of amides is 1. The van der Waals surface area contributed by atoms with Crippen LogP contribution in [0.1, 0.15) is 31.7 Å². The molecule has 0 spiro atoms. The molecular formula is C18H23BrN2O. The van der Waals surface area contributed by atoms with Gasteiger partial charge in [-0.25, -0.2) is 0 Å². The van der Waals surface area contributed by atoms with Gasteiger partial charge in [0.15, 0.2) is 0 Å². The van der Waals surface area contributed by atoms with E-state index in [0.717, 1.165) is 37.0 Å². The first-order valence-electron chi connectivity index (χ1n) is 8.13. The molecule has 2 heterocycles. The van der Waals surface area contributed by atoms with Crippen molar-refractivity contribution in [3.8, 4) is 0 Å². The zero-order valence-corrected chi connectivity index (χ0v) is 14.6. The van der Waals surface area contributed by atoms with Crippen molar-refractivity contribution in [1.29, 1.82) is 0 Å². The molecule has 3 rings (SSSR count). The third-order valence-corrected chi connectivity index (χ3v) is 5.51. The molecule has 0 saturated carbocycles. The lowest BCUT2D eigenvalue weighted by Crippen LogP contribution is -2.55. The number of hydrogen-bond donors (Lipinski definition) is 0. The van der Waals surface area contributed by atoms with E-state index in [4.69, 9.17) is 0 Å². The van der Waals surface area contributed by atoms with Crippen molar-refractivity contribution in [2.24, 2.45) is 0 Å². The van der Waals surface area contributed by atoms with E-state index in [0.29, 0.717) is 24.4 Å². The van der Waals surface area contributed by atoms with Gasteiger partial charge in [0.2, 0.25) is 5.91 Å². The molecular weight excluding hydrogens is 340 g/mol. The molecule has 0 N–H and O–H groups in total. The van der Waals surface area contributed by atoms with Crippen LogP contribution in [0.5, 0.6) is 0 Å². The lowest BCUT2D eigenvalue weighted by Gasteiger charge is -2.40. The van der Waals surface area contributed by atoms with Crippen LogP contribution in [-0.4, -0.2) is 47.4 Å². The van der Waals surface area contributed by atoms with Gasteiger partial charge in [-0.05, 0) is 18.4 Å². The molecule has 2 aliphatic heterocycles. The summed E-state index contributed by atoms with van der Waals surface area (Å²) in [6.07, 6.45) is 5.20. The monoisotopic (exact) mass is 362 g/mol. The number of hydrogen-bond acceptors (Lipinski definition) is 2. The van der Waals surface area contributed by atoms with Crippen molar-refractivity contribution in [3.63, 3.8) is 0 Å². The average Bonchev–Trinajstić information content (AvgIpc) is 2.83. The van der Waals surface area contributed by atoms with Gasteiger partial charge >= 0.3 is 0 Å². The standard InChI is InChI=1S/C18H23BrN2O/c1-2-18(22)21-15-8-9-16(21)13-20(12-15)11-10-17(19)14-6-4-3-5-7-14/h3-7,10,15-16H,2,8-9,11-13H2,1H3. The zero-order valence-electron chi connectivity index (χ0n) is 13.0. The van der Waals surface area contributed by atoms with Crippen LogP contribution in [0.3, 0.4) is 0 Å². The molecule has 2 unspecified atom stereocenters. The van der Waals surface area contributed by atoms with Crippen LogP contribution in [-0.2, 0) is 4.79 Å². The molecule has 2 fully saturated rings. The largest absolute Gasteiger partial charge is 0.334 e. The Morgan fingerprint density at radius 1 is 1.23 bits per heavy atom. The number of carbonyl (C=O) groups is 1. The molecule has 2 atom stereocenters. The highest BCUT2D eigenvalue weighted by Gasteiger charge is 2.41. The van der Waals surface area contributed by atoms with Crippen molar-refractivity contribution in [2.45, 2.75) is 38.3 Å². The summed E-state index contributed by atoms with van der Waals surface area (Å²) in [5.41, 5.74) is 1.21. The number of nitrogens with zero attached hydrogens (tertiary/aromatic N) is 2. The Bertz CT molecular complexity index is 543. The van der Waals surface area contributed by atoms with E-state index in [1.54, 1.807) is 0 Å². The minimum absolute atomic E-state index is 0.327. The van der Waals surface area contributed by atoms with Gasteiger partial charge in [0.1, 0.15) is 0 Å². The molecule has 2 aliphatic rings. The first-order valence-corrected chi connectivity index (χ1v) is 8.93. The van der Waals surface area contributed by atoms with Crippen molar-refractivity contribution >= 4 is 26.3 Å². The van der Waals surface area contributed by atoms with Crippen LogP contribution in [0, 0.1) is 0 Å². The lowest BCUT2D eigenvalue weighted by molar-refractivity contribution is -0.136. The Kier molecular flexibility index (Phi) is 4.99. The summed E-state index contributed by atoms with van der Waals surface area (Å²) in [6.45, 7) is 4.92.